The lowest BCUT2D eigenvalue weighted by Gasteiger charge is -2.14. The van der Waals surface area contributed by atoms with Gasteiger partial charge in [-0.15, -0.1) is 0 Å². The van der Waals surface area contributed by atoms with Gasteiger partial charge in [-0.3, -0.25) is 29.4 Å². The first-order valence-electron chi connectivity index (χ1n) is 9.06. The van der Waals surface area contributed by atoms with Crippen molar-refractivity contribution in [3.8, 4) is 0 Å². The first-order valence-corrected chi connectivity index (χ1v) is 9.87. The summed E-state index contributed by atoms with van der Waals surface area (Å²) in [5.74, 6) is -1.69. The molecule has 3 rings (SSSR count). The van der Waals surface area contributed by atoms with E-state index in [9.17, 15) is 28.9 Å². The second kappa shape index (κ2) is 9.39. The number of benzene rings is 2. The normalized spacial score (nSPS) is 14.8. The molecule has 0 unspecified atom stereocenters. The molecule has 0 aliphatic carbocycles. The van der Waals surface area contributed by atoms with Gasteiger partial charge in [-0.2, -0.15) is 0 Å². The number of carbonyl (C=O) groups is 3. The van der Waals surface area contributed by atoms with Gasteiger partial charge in [-0.05, 0) is 30.0 Å². The van der Waals surface area contributed by atoms with Gasteiger partial charge in [0.15, 0.2) is 0 Å². The lowest BCUT2D eigenvalue weighted by molar-refractivity contribution is -0.384. The van der Waals surface area contributed by atoms with Gasteiger partial charge >= 0.3 is 0 Å². The maximum atomic E-state index is 13.8. The van der Waals surface area contributed by atoms with Crippen molar-refractivity contribution in [2.24, 2.45) is 0 Å². The summed E-state index contributed by atoms with van der Waals surface area (Å²) >= 11 is 0.686. The van der Waals surface area contributed by atoms with E-state index >= 15 is 0 Å². The number of hydrogen-bond donors (Lipinski definition) is 2. The maximum absolute atomic E-state index is 13.8. The smallest absolute Gasteiger partial charge is 0.293 e. The van der Waals surface area contributed by atoms with Crippen LogP contribution < -0.4 is 10.6 Å². The second-order valence-corrected chi connectivity index (χ2v) is 7.34. The van der Waals surface area contributed by atoms with Crippen LogP contribution in [0.4, 0.5) is 20.6 Å². The molecule has 0 spiro atoms. The highest BCUT2D eigenvalue weighted by Crippen LogP contribution is 2.32. The summed E-state index contributed by atoms with van der Waals surface area (Å²) in [6, 6.07) is 9.69. The number of rotatable bonds is 7. The molecule has 2 aromatic carbocycles. The fourth-order valence-corrected chi connectivity index (χ4v) is 3.71. The molecule has 0 radical (unpaired) electrons. The van der Waals surface area contributed by atoms with Crippen molar-refractivity contribution in [1.29, 1.82) is 0 Å². The fourth-order valence-electron chi connectivity index (χ4n) is 2.85. The van der Waals surface area contributed by atoms with Gasteiger partial charge in [0, 0.05) is 43.5 Å². The molecule has 0 aromatic heterocycles. The molecule has 31 heavy (non-hydrogen) atoms. The number of halogens is 1. The minimum Gasteiger partial charge on any atom is -0.387 e. The molecule has 9 nitrogen and oxygen atoms in total. The number of hydrogen-bond acceptors (Lipinski definition) is 7. The van der Waals surface area contributed by atoms with E-state index in [1.807, 2.05) is 0 Å². The van der Waals surface area contributed by atoms with Gasteiger partial charge in [0.25, 0.3) is 22.7 Å². The van der Waals surface area contributed by atoms with Crippen LogP contribution in [-0.2, 0) is 4.79 Å². The lowest BCUT2D eigenvalue weighted by Crippen LogP contribution is -2.37. The second-order valence-electron chi connectivity index (χ2n) is 6.35. The van der Waals surface area contributed by atoms with Crippen LogP contribution in [0.5, 0.6) is 0 Å². The highest BCUT2D eigenvalue weighted by atomic mass is 32.2. The van der Waals surface area contributed by atoms with E-state index in [0.717, 1.165) is 11.0 Å². The third kappa shape index (κ3) is 4.89. The van der Waals surface area contributed by atoms with E-state index in [-0.39, 0.29) is 34.8 Å². The Bertz CT molecular complexity index is 1100. The minimum atomic E-state index is -0.613. The summed E-state index contributed by atoms with van der Waals surface area (Å²) in [7, 11) is 1.57. The number of imide groups is 1. The van der Waals surface area contributed by atoms with Crippen LogP contribution in [-0.4, -0.2) is 47.0 Å². The average Bonchev–Trinajstić information content (AvgIpc) is 3.02. The summed E-state index contributed by atoms with van der Waals surface area (Å²) in [5.41, 5.74) is 0.396. The number of anilines is 1. The monoisotopic (exact) mass is 444 g/mol. The molecule has 0 atom stereocenters. The van der Waals surface area contributed by atoms with Crippen molar-refractivity contribution in [3.63, 3.8) is 0 Å². The third-order valence-corrected chi connectivity index (χ3v) is 5.32. The summed E-state index contributed by atoms with van der Waals surface area (Å²) < 4.78 is 13.8. The summed E-state index contributed by atoms with van der Waals surface area (Å²) in [5, 5.41) is 15.7. The Morgan fingerprint density at radius 3 is 2.68 bits per heavy atom. The van der Waals surface area contributed by atoms with Gasteiger partial charge in [-0.1, -0.05) is 18.2 Å². The molecule has 2 N–H and O–H groups in total. The number of nitrogens with zero attached hydrogens (tertiary/aromatic N) is 2. The number of amides is 3. The molecule has 2 aromatic rings. The Balaban J connectivity index is 1.66. The molecule has 1 aliphatic rings. The molecule has 0 bridgehead atoms. The maximum Gasteiger partial charge on any atom is 0.293 e. The van der Waals surface area contributed by atoms with Crippen LogP contribution in [0, 0.1) is 15.9 Å². The Kier molecular flexibility index (Phi) is 6.65. The SMILES string of the molecule is CNc1ccc([N+](=O)[O-])cc1C(=O)NCCN1C(=O)S/C(=C\c2ccccc2F)C1=O. The zero-order valence-corrected chi connectivity index (χ0v) is 17.1. The predicted molar refractivity (Wildman–Crippen MR) is 114 cm³/mol. The molecular formula is C20H17FN4O5S. The van der Waals surface area contributed by atoms with Crippen molar-refractivity contribution >= 4 is 46.3 Å². The lowest BCUT2D eigenvalue weighted by atomic mass is 10.1. The third-order valence-electron chi connectivity index (χ3n) is 4.41. The highest BCUT2D eigenvalue weighted by molar-refractivity contribution is 8.18. The van der Waals surface area contributed by atoms with Gasteiger partial charge in [0.05, 0.1) is 15.4 Å². The molecule has 3 amide bonds. The minimum absolute atomic E-state index is 0.0598. The van der Waals surface area contributed by atoms with Crippen LogP contribution in [0.2, 0.25) is 0 Å². The van der Waals surface area contributed by atoms with Crippen LogP contribution >= 0.6 is 11.8 Å². The van der Waals surface area contributed by atoms with E-state index in [1.54, 1.807) is 13.1 Å². The number of thioether (sulfide) groups is 1. The molecular weight excluding hydrogens is 427 g/mol. The van der Waals surface area contributed by atoms with E-state index in [4.69, 9.17) is 0 Å². The largest absolute Gasteiger partial charge is 0.387 e. The Labute approximate surface area is 180 Å². The summed E-state index contributed by atoms with van der Waals surface area (Å²) in [4.78, 5) is 48.5. The fraction of sp³-hybridized carbons (Fsp3) is 0.150. The zero-order valence-electron chi connectivity index (χ0n) is 16.3. The van der Waals surface area contributed by atoms with Crippen molar-refractivity contribution < 1.29 is 23.7 Å². The molecule has 1 fully saturated rings. The number of nitro groups is 1. The number of non-ortho nitro benzene ring substituents is 1. The van der Waals surface area contributed by atoms with E-state index in [2.05, 4.69) is 10.6 Å². The summed E-state index contributed by atoms with van der Waals surface area (Å²) in [6.07, 6.45) is 1.31. The molecule has 1 aliphatic heterocycles. The van der Waals surface area contributed by atoms with Crippen LogP contribution in [0.3, 0.4) is 0 Å². The van der Waals surface area contributed by atoms with Crippen LogP contribution in [0.15, 0.2) is 47.4 Å². The molecule has 1 heterocycles. The molecule has 11 heteroatoms. The predicted octanol–water partition coefficient (Wildman–Crippen LogP) is 3.24. The summed E-state index contributed by atoms with van der Waals surface area (Å²) in [6.45, 7) is -0.162. The molecule has 0 saturated carbocycles. The van der Waals surface area contributed by atoms with Gasteiger partial charge in [0.2, 0.25) is 0 Å². The van der Waals surface area contributed by atoms with E-state index < -0.39 is 27.8 Å². The Hall–Kier alpha value is -3.73. The van der Waals surface area contributed by atoms with Gasteiger partial charge < -0.3 is 10.6 Å². The van der Waals surface area contributed by atoms with Gasteiger partial charge in [0.1, 0.15) is 5.82 Å². The van der Waals surface area contributed by atoms with Crippen LogP contribution in [0.25, 0.3) is 6.08 Å². The highest BCUT2D eigenvalue weighted by Gasteiger charge is 2.34. The van der Waals surface area contributed by atoms with Crippen molar-refractivity contribution in [2.45, 2.75) is 0 Å². The van der Waals surface area contributed by atoms with E-state index in [1.165, 1.54) is 36.4 Å². The quantitative estimate of drug-likeness (QED) is 0.382. The van der Waals surface area contributed by atoms with Crippen molar-refractivity contribution in [1.82, 2.24) is 10.2 Å². The van der Waals surface area contributed by atoms with Crippen molar-refractivity contribution in [2.75, 3.05) is 25.5 Å². The molecule has 160 valence electrons. The molecule has 1 saturated heterocycles. The standard InChI is InChI=1S/C20H17FN4O5S/c1-22-16-7-6-13(25(29)30)11-14(16)18(26)23-8-9-24-19(27)17(31-20(24)28)10-12-4-2-3-5-15(12)21/h2-7,10-11,22H,8-9H2,1H3,(H,23,26)/b17-10-. The number of carbonyl (C=O) groups excluding carboxylic acids is 3. The number of nitro benzene ring substituents is 1. The first kappa shape index (κ1) is 22.0. The Morgan fingerprint density at radius 2 is 2.00 bits per heavy atom. The first-order chi connectivity index (χ1) is 14.8. The van der Waals surface area contributed by atoms with Gasteiger partial charge in [-0.25, -0.2) is 4.39 Å². The van der Waals surface area contributed by atoms with E-state index in [0.29, 0.717) is 17.4 Å². The van der Waals surface area contributed by atoms with Crippen molar-refractivity contribution in [3.05, 3.63) is 74.4 Å². The Morgan fingerprint density at radius 1 is 1.26 bits per heavy atom. The average molecular weight is 444 g/mol. The number of nitrogens with one attached hydrogen (secondary N) is 2. The zero-order chi connectivity index (χ0) is 22.5. The topological polar surface area (TPSA) is 122 Å². The van der Waals surface area contributed by atoms with Crippen LogP contribution in [0.1, 0.15) is 15.9 Å².